The fourth-order valence-electron chi connectivity index (χ4n) is 1.80. The molecule has 1 rings (SSSR count). The van der Waals surface area contributed by atoms with Gasteiger partial charge in [0.25, 0.3) is 0 Å². The van der Waals surface area contributed by atoms with Gasteiger partial charge in [0, 0.05) is 13.0 Å². The molecule has 1 atom stereocenters. The molecular formula is C11H23ClN2OS. The molecule has 1 unspecified atom stereocenters. The Hall–Kier alpha value is 0.0700. The molecule has 3 N–H and O–H groups in total. The van der Waals surface area contributed by atoms with Gasteiger partial charge >= 0.3 is 0 Å². The molecule has 0 radical (unpaired) electrons. The van der Waals surface area contributed by atoms with Gasteiger partial charge < -0.3 is 11.1 Å². The van der Waals surface area contributed by atoms with Crippen LogP contribution < -0.4 is 11.1 Å². The van der Waals surface area contributed by atoms with E-state index in [0.717, 1.165) is 12.2 Å². The van der Waals surface area contributed by atoms with E-state index in [2.05, 4.69) is 18.5 Å². The Labute approximate surface area is 109 Å². The van der Waals surface area contributed by atoms with Crippen molar-refractivity contribution in [2.24, 2.45) is 11.7 Å². The van der Waals surface area contributed by atoms with Gasteiger partial charge in [-0.25, -0.2) is 0 Å². The van der Waals surface area contributed by atoms with Crippen LogP contribution in [0.15, 0.2) is 0 Å². The number of thioether (sulfide) groups is 1. The van der Waals surface area contributed by atoms with Crippen molar-refractivity contribution in [2.75, 3.05) is 18.6 Å². The van der Waals surface area contributed by atoms with E-state index in [0.29, 0.717) is 18.9 Å². The van der Waals surface area contributed by atoms with Crippen molar-refractivity contribution in [3.63, 3.8) is 0 Å². The van der Waals surface area contributed by atoms with Gasteiger partial charge in [0.15, 0.2) is 0 Å². The standard InChI is InChI=1S/C11H22N2OS.ClH/c1-11(8-12,9-5-6-9)13-10(14)4-3-7-15-2;/h9H,3-8,12H2,1-2H3,(H,13,14);1H. The van der Waals surface area contributed by atoms with Crippen LogP contribution in [0, 0.1) is 5.92 Å². The SMILES string of the molecule is CSCCCC(=O)NC(C)(CN)C1CC1.Cl. The first-order chi connectivity index (χ1) is 7.12. The van der Waals surface area contributed by atoms with Crippen LogP contribution in [0.3, 0.4) is 0 Å². The van der Waals surface area contributed by atoms with Crippen LogP contribution in [0.4, 0.5) is 0 Å². The summed E-state index contributed by atoms with van der Waals surface area (Å²) in [7, 11) is 0. The van der Waals surface area contributed by atoms with E-state index in [1.165, 1.54) is 12.8 Å². The Morgan fingerprint density at radius 2 is 2.19 bits per heavy atom. The Kier molecular flexibility index (Phi) is 7.44. The molecule has 0 aromatic rings. The molecular weight excluding hydrogens is 244 g/mol. The van der Waals surface area contributed by atoms with Crippen molar-refractivity contribution in [1.82, 2.24) is 5.32 Å². The molecule has 0 heterocycles. The lowest BCUT2D eigenvalue weighted by Gasteiger charge is -2.29. The van der Waals surface area contributed by atoms with Gasteiger partial charge in [-0.15, -0.1) is 12.4 Å². The smallest absolute Gasteiger partial charge is 0.220 e. The molecule has 1 amide bonds. The quantitative estimate of drug-likeness (QED) is 0.691. The van der Waals surface area contributed by atoms with Crippen molar-refractivity contribution in [3.05, 3.63) is 0 Å². The first-order valence-electron chi connectivity index (χ1n) is 5.62. The minimum absolute atomic E-state index is 0. The maximum absolute atomic E-state index is 11.6. The van der Waals surface area contributed by atoms with E-state index in [1.54, 1.807) is 11.8 Å². The van der Waals surface area contributed by atoms with E-state index in [4.69, 9.17) is 5.73 Å². The molecule has 0 aliphatic heterocycles. The highest BCUT2D eigenvalue weighted by atomic mass is 35.5. The van der Waals surface area contributed by atoms with Crippen LogP contribution in [0.5, 0.6) is 0 Å². The lowest BCUT2D eigenvalue weighted by Crippen LogP contribution is -2.53. The maximum Gasteiger partial charge on any atom is 0.220 e. The van der Waals surface area contributed by atoms with Gasteiger partial charge in [0.1, 0.15) is 0 Å². The third-order valence-electron chi connectivity index (χ3n) is 3.08. The van der Waals surface area contributed by atoms with Gasteiger partial charge in [-0.2, -0.15) is 11.8 Å². The normalized spacial score (nSPS) is 18.4. The molecule has 96 valence electrons. The number of hydrogen-bond donors (Lipinski definition) is 2. The Morgan fingerprint density at radius 3 is 2.62 bits per heavy atom. The van der Waals surface area contributed by atoms with E-state index in [9.17, 15) is 4.79 Å². The summed E-state index contributed by atoms with van der Waals surface area (Å²) in [5.74, 6) is 1.81. The first-order valence-corrected chi connectivity index (χ1v) is 7.02. The Morgan fingerprint density at radius 1 is 1.56 bits per heavy atom. The zero-order valence-electron chi connectivity index (χ0n) is 10.1. The molecule has 5 heteroatoms. The van der Waals surface area contributed by atoms with Gasteiger partial charge in [-0.3, -0.25) is 4.79 Å². The summed E-state index contributed by atoms with van der Waals surface area (Å²) < 4.78 is 0. The first kappa shape index (κ1) is 16.1. The fraction of sp³-hybridized carbons (Fsp3) is 0.909. The summed E-state index contributed by atoms with van der Waals surface area (Å²) in [5.41, 5.74) is 5.58. The molecule has 1 saturated carbocycles. The van der Waals surface area contributed by atoms with Crippen molar-refractivity contribution in [1.29, 1.82) is 0 Å². The predicted molar refractivity (Wildman–Crippen MR) is 73.2 cm³/mol. The summed E-state index contributed by atoms with van der Waals surface area (Å²) in [5, 5.41) is 3.09. The monoisotopic (exact) mass is 266 g/mol. The second kappa shape index (κ2) is 7.41. The zero-order valence-corrected chi connectivity index (χ0v) is 11.8. The summed E-state index contributed by atoms with van der Waals surface area (Å²) in [6.07, 6.45) is 6.06. The second-order valence-corrected chi connectivity index (χ2v) is 5.53. The van der Waals surface area contributed by atoms with Crippen molar-refractivity contribution in [3.8, 4) is 0 Å². The van der Waals surface area contributed by atoms with E-state index in [-0.39, 0.29) is 23.9 Å². The Balaban J connectivity index is 0.00000225. The predicted octanol–water partition coefficient (Wildman–Crippen LogP) is 1.79. The number of halogens is 1. The summed E-state index contributed by atoms with van der Waals surface area (Å²) >= 11 is 1.78. The molecule has 1 aliphatic carbocycles. The highest BCUT2D eigenvalue weighted by Crippen LogP contribution is 2.38. The molecule has 0 saturated heterocycles. The zero-order chi connectivity index (χ0) is 11.3. The molecule has 0 aromatic carbocycles. The number of carbonyl (C=O) groups is 1. The van der Waals surface area contributed by atoms with Crippen molar-refractivity contribution >= 4 is 30.1 Å². The van der Waals surface area contributed by atoms with Crippen molar-refractivity contribution < 1.29 is 4.79 Å². The van der Waals surface area contributed by atoms with Crippen LogP contribution >= 0.6 is 24.2 Å². The number of amides is 1. The summed E-state index contributed by atoms with van der Waals surface area (Å²) in [4.78, 5) is 11.6. The average molecular weight is 267 g/mol. The van der Waals surface area contributed by atoms with E-state index < -0.39 is 0 Å². The van der Waals surface area contributed by atoms with Crippen LogP contribution in [0.1, 0.15) is 32.6 Å². The van der Waals surface area contributed by atoms with Crippen LogP contribution in [-0.4, -0.2) is 30.0 Å². The molecule has 3 nitrogen and oxygen atoms in total. The maximum atomic E-state index is 11.6. The van der Waals surface area contributed by atoms with Crippen LogP contribution in [0.25, 0.3) is 0 Å². The fourth-order valence-corrected chi connectivity index (χ4v) is 2.23. The van der Waals surface area contributed by atoms with Crippen LogP contribution in [0.2, 0.25) is 0 Å². The minimum atomic E-state index is -0.156. The Bertz CT molecular complexity index is 224. The topological polar surface area (TPSA) is 55.1 Å². The van der Waals surface area contributed by atoms with Gasteiger partial charge in [-0.05, 0) is 44.1 Å². The molecule has 1 aliphatic rings. The van der Waals surface area contributed by atoms with Gasteiger partial charge in [0.2, 0.25) is 5.91 Å². The lowest BCUT2D eigenvalue weighted by atomic mass is 9.95. The third-order valence-corrected chi connectivity index (χ3v) is 3.78. The highest BCUT2D eigenvalue weighted by molar-refractivity contribution is 7.98. The molecule has 16 heavy (non-hydrogen) atoms. The minimum Gasteiger partial charge on any atom is -0.349 e. The number of hydrogen-bond acceptors (Lipinski definition) is 3. The van der Waals surface area contributed by atoms with Crippen LogP contribution in [-0.2, 0) is 4.79 Å². The summed E-state index contributed by atoms with van der Waals surface area (Å²) in [6, 6.07) is 0. The number of carbonyl (C=O) groups excluding carboxylic acids is 1. The van der Waals surface area contributed by atoms with Gasteiger partial charge in [-0.1, -0.05) is 0 Å². The average Bonchev–Trinajstić information content (AvgIpc) is 3.01. The largest absolute Gasteiger partial charge is 0.349 e. The third kappa shape index (κ3) is 4.93. The molecule has 0 spiro atoms. The lowest BCUT2D eigenvalue weighted by molar-refractivity contribution is -0.123. The second-order valence-electron chi connectivity index (χ2n) is 4.54. The van der Waals surface area contributed by atoms with Gasteiger partial charge in [0.05, 0.1) is 5.54 Å². The molecule has 0 aromatic heterocycles. The van der Waals surface area contributed by atoms with E-state index in [1.807, 2.05) is 0 Å². The number of nitrogens with one attached hydrogen (secondary N) is 1. The highest BCUT2D eigenvalue weighted by Gasteiger charge is 2.41. The van der Waals surface area contributed by atoms with Crippen molar-refractivity contribution in [2.45, 2.75) is 38.1 Å². The van der Waals surface area contributed by atoms with E-state index >= 15 is 0 Å². The molecule has 0 bridgehead atoms. The number of rotatable bonds is 7. The molecule has 1 fully saturated rings. The number of nitrogens with two attached hydrogens (primary N) is 1. The summed E-state index contributed by atoms with van der Waals surface area (Å²) in [6.45, 7) is 2.61.